The number of rotatable bonds is 2. The first kappa shape index (κ1) is 13.9. The largest absolute Gasteiger partial charge is 0.490 e. The number of aromatic nitrogens is 2. The molecule has 2 aromatic rings. The standard InChI is InChI=1S/C15H12F2N4O2/c16-8-1-2-9(17)14-12(8)11-7(5-23-14)13(11)21(15(18)22)10-3-4-19-6-20-10/h1-4,6-7,11,13H,5H2,(H2,18,22)/t7-,11-,13-/m1/s1. The monoisotopic (exact) mass is 318 g/mol. The zero-order valence-electron chi connectivity index (χ0n) is 11.8. The molecule has 1 aromatic heterocycles. The van der Waals surface area contributed by atoms with Crippen LogP contribution in [0.5, 0.6) is 5.75 Å². The number of benzene rings is 1. The number of fused-ring (bicyclic) bond motifs is 3. The van der Waals surface area contributed by atoms with Crippen LogP contribution in [0.4, 0.5) is 19.4 Å². The fourth-order valence-corrected chi connectivity index (χ4v) is 3.32. The summed E-state index contributed by atoms with van der Waals surface area (Å²) in [5.41, 5.74) is 5.63. The molecule has 118 valence electrons. The molecule has 1 saturated carbocycles. The van der Waals surface area contributed by atoms with Crippen molar-refractivity contribution in [3.8, 4) is 5.75 Å². The number of carbonyl (C=O) groups is 1. The van der Waals surface area contributed by atoms with Crippen molar-refractivity contribution in [1.29, 1.82) is 0 Å². The molecule has 0 unspecified atom stereocenters. The van der Waals surface area contributed by atoms with Gasteiger partial charge in [0.1, 0.15) is 18.0 Å². The SMILES string of the molecule is NC(=O)N(c1ccncn1)[C@@H]1[C@@H]2COc3c(F)ccc(F)c3[C@@H]21. The Hall–Kier alpha value is -2.77. The van der Waals surface area contributed by atoms with Gasteiger partial charge < -0.3 is 10.5 Å². The molecule has 2 amide bonds. The number of hydrogen-bond donors (Lipinski definition) is 1. The maximum atomic E-state index is 14.2. The molecule has 6 nitrogen and oxygen atoms in total. The number of carbonyl (C=O) groups excluding carboxylic acids is 1. The van der Waals surface area contributed by atoms with E-state index in [4.69, 9.17) is 10.5 Å². The quantitative estimate of drug-likeness (QED) is 0.915. The van der Waals surface area contributed by atoms with Gasteiger partial charge >= 0.3 is 6.03 Å². The molecule has 4 rings (SSSR count). The Bertz CT molecular complexity index is 787. The van der Waals surface area contributed by atoms with Crippen LogP contribution in [0.1, 0.15) is 11.5 Å². The first-order chi connectivity index (χ1) is 11.1. The Morgan fingerprint density at radius 1 is 1.30 bits per heavy atom. The second-order valence-electron chi connectivity index (χ2n) is 5.54. The van der Waals surface area contributed by atoms with Crippen molar-refractivity contribution >= 4 is 11.8 Å². The second-order valence-corrected chi connectivity index (χ2v) is 5.54. The minimum absolute atomic E-state index is 0.0825. The van der Waals surface area contributed by atoms with Gasteiger partial charge in [0, 0.05) is 23.6 Å². The lowest BCUT2D eigenvalue weighted by Crippen LogP contribution is -2.39. The third-order valence-corrected chi connectivity index (χ3v) is 4.32. The fourth-order valence-electron chi connectivity index (χ4n) is 3.32. The van der Waals surface area contributed by atoms with E-state index in [1.807, 2.05) is 0 Å². The van der Waals surface area contributed by atoms with Gasteiger partial charge in [0.25, 0.3) is 0 Å². The van der Waals surface area contributed by atoms with Crippen LogP contribution >= 0.6 is 0 Å². The van der Waals surface area contributed by atoms with Crippen molar-refractivity contribution in [1.82, 2.24) is 9.97 Å². The maximum Gasteiger partial charge on any atom is 0.320 e. The predicted molar refractivity (Wildman–Crippen MR) is 76.0 cm³/mol. The van der Waals surface area contributed by atoms with Crippen molar-refractivity contribution in [3.05, 3.63) is 47.9 Å². The minimum atomic E-state index is -0.707. The summed E-state index contributed by atoms with van der Waals surface area (Å²) in [4.78, 5) is 21.0. The number of primary amides is 1. The fraction of sp³-hybridized carbons (Fsp3) is 0.267. The summed E-state index contributed by atoms with van der Waals surface area (Å²) < 4.78 is 33.4. The Balaban J connectivity index is 1.75. The molecule has 2 heterocycles. The highest BCUT2D eigenvalue weighted by molar-refractivity contribution is 5.91. The van der Waals surface area contributed by atoms with Gasteiger partial charge in [-0.3, -0.25) is 4.90 Å². The van der Waals surface area contributed by atoms with Crippen LogP contribution in [0.2, 0.25) is 0 Å². The van der Waals surface area contributed by atoms with E-state index in [1.165, 1.54) is 17.4 Å². The predicted octanol–water partition coefficient (Wildman–Crippen LogP) is 1.81. The molecule has 1 aliphatic heterocycles. The zero-order valence-corrected chi connectivity index (χ0v) is 11.8. The third-order valence-electron chi connectivity index (χ3n) is 4.32. The van der Waals surface area contributed by atoms with Gasteiger partial charge in [0.05, 0.1) is 12.6 Å². The van der Waals surface area contributed by atoms with Gasteiger partial charge in [-0.25, -0.2) is 23.5 Å². The average Bonchev–Trinajstić information content (AvgIpc) is 3.26. The lowest BCUT2D eigenvalue weighted by molar-refractivity contribution is 0.250. The number of nitrogens with zero attached hydrogens (tertiary/aromatic N) is 3. The summed E-state index contributed by atoms with van der Waals surface area (Å²) in [7, 11) is 0. The molecule has 8 heteroatoms. The van der Waals surface area contributed by atoms with Crippen molar-refractivity contribution in [2.45, 2.75) is 12.0 Å². The van der Waals surface area contributed by atoms with Crippen LogP contribution < -0.4 is 15.4 Å². The van der Waals surface area contributed by atoms with E-state index >= 15 is 0 Å². The maximum absolute atomic E-state index is 14.2. The molecule has 0 saturated heterocycles. The smallest absolute Gasteiger partial charge is 0.320 e. The lowest BCUT2D eigenvalue weighted by Gasteiger charge is -2.19. The number of anilines is 1. The van der Waals surface area contributed by atoms with Gasteiger partial charge in [-0.1, -0.05) is 0 Å². The Morgan fingerprint density at radius 3 is 2.78 bits per heavy atom. The van der Waals surface area contributed by atoms with Crippen LogP contribution in [0.3, 0.4) is 0 Å². The van der Waals surface area contributed by atoms with Gasteiger partial charge in [0.15, 0.2) is 11.6 Å². The molecule has 1 aromatic carbocycles. The van der Waals surface area contributed by atoms with Crippen LogP contribution in [-0.2, 0) is 0 Å². The average molecular weight is 318 g/mol. The highest BCUT2D eigenvalue weighted by Gasteiger charge is 2.60. The first-order valence-corrected chi connectivity index (χ1v) is 7.05. The van der Waals surface area contributed by atoms with Crippen molar-refractivity contribution in [2.24, 2.45) is 11.7 Å². The highest BCUT2D eigenvalue weighted by Crippen LogP contribution is 2.58. The van der Waals surface area contributed by atoms with Gasteiger partial charge in [-0.05, 0) is 18.2 Å². The number of urea groups is 1. The Labute approximate surface area is 129 Å². The molecule has 2 aliphatic rings. The number of halogens is 2. The van der Waals surface area contributed by atoms with Crippen LogP contribution in [0.25, 0.3) is 0 Å². The number of amides is 2. The first-order valence-electron chi connectivity index (χ1n) is 7.05. The highest BCUT2D eigenvalue weighted by atomic mass is 19.1. The molecule has 2 N–H and O–H groups in total. The number of hydrogen-bond acceptors (Lipinski definition) is 4. The van der Waals surface area contributed by atoms with Crippen molar-refractivity contribution < 1.29 is 18.3 Å². The second kappa shape index (κ2) is 4.87. The molecule has 0 radical (unpaired) electrons. The van der Waals surface area contributed by atoms with Gasteiger partial charge in [0.2, 0.25) is 0 Å². The van der Waals surface area contributed by atoms with Crippen LogP contribution in [0, 0.1) is 17.6 Å². The van der Waals surface area contributed by atoms with E-state index in [9.17, 15) is 13.6 Å². The molecule has 0 bridgehead atoms. The summed E-state index contributed by atoms with van der Waals surface area (Å²) in [5.74, 6) is -1.44. The zero-order chi connectivity index (χ0) is 16.1. The topological polar surface area (TPSA) is 81.3 Å². The van der Waals surface area contributed by atoms with E-state index in [2.05, 4.69) is 9.97 Å². The van der Waals surface area contributed by atoms with Crippen LogP contribution in [0.15, 0.2) is 30.7 Å². The van der Waals surface area contributed by atoms with E-state index in [-0.39, 0.29) is 29.8 Å². The molecule has 3 atom stereocenters. The molecular formula is C15H12F2N4O2. The summed E-state index contributed by atoms with van der Waals surface area (Å²) in [6.45, 7) is 0.192. The minimum Gasteiger partial charge on any atom is -0.490 e. The molecular weight excluding hydrogens is 306 g/mol. The van der Waals surface area contributed by atoms with E-state index in [0.717, 1.165) is 12.1 Å². The molecule has 1 aliphatic carbocycles. The summed E-state index contributed by atoms with van der Waals surface area (Å²) >= 11 is 0. The number of nitrogens with two attached hydrogens (primary N) is 1. The van der Waals surface area contributed by atoms with Crippen LogP contribution in [-0.4, -0.2) is 28.6 Å². The summed E-state index contributed by atoms with van der Waals surface area (Å²) in [6, 6.07) is 2.51. The summed E-state index contributed by atoms with van der Waals surface area (Å²) in [5, 5.41) is 0. The molecule has 1 fully saturated rings. The summed E-state index contributed by atoms with van der Waals surface area (Å²) in [6.07, 6.45) is 2.77. The third kappa shape index (κ3) is 2.01. The molecule has 0 spiro atoms. The van der Waals surface area contributed by atoms with E-state index < -0.39 is 23.7 Å². The van der Waals surface area contributed by atoms with Gasteiger partial charge in [-0.15, -0.1) is 0 Å². The van der Waals surface area contributed by atoms with E-state index in [0.29, 0.717) is 5.82 Å². The van der Waals surface area contributed by atoms with Crippen molar-refractivity contribution in [2.75, 3.05) is 11.5 Å². The Kier molecular flexibility index (Phi) is 2.93. The van der Waals surface area contributed by atoms with Crippen molar-refractivity contribution in [3.63, 3.8) is 0 Å². The normalized spacial score (nSPS) is 24.2. The van der Waals surface area contributed by atoms with E-state index in [1.54, 1.807) is 6.07 Å². The number of ether oxygens (including phenoxy) is 1. The Morgan fingerprint density at radius 2 is 2.09 bits per heavy atom. The molecule has 23 heavy (non-hydrogen) atoms. The lowest BCUT2D eigenvalue weighted by atomic mass is 10.0. The van der Waals surface area contributed by atoms with Gasteiger partial charge in [-0.2, -0.15) is 0 Å².